The van der Waals surface area contributed by atoms with E-state index in [1.165, 1.54) is 57.9 Å². The van der Waals surface area contributed by atoms with Crippen LogP contribution in [0.3, 0.4) is 0 Å². The van der Waals surface area contributed by atoms with E-state index < -0.39 is 0 Å². The molecule has 0 saturated heterocycles. The van der Waals surface area contributed by atoms with E-state index in [0.717, 1.165) is 12.0 Å². The summed E-state index contributed by atoms with van der Waals surface area (Å²) in [7, 11) is 1.85. The van der Waals surface area contributed by atoms with Crippen LogP contribution in [0.2, 0.25) is 0 Å². The molecule has 2 aliphatic carbocycles. The topological polar surface area (TPSA) is 21.3 Å². The van der Waals surface area contributed by atoms with Crippen molar-refractivity contribution in [3.05, 3.63) is 0 Å². The maximum Gasteiger partial charge on any atom is 0.0571 e. The van der Waals surface area contributed by atoms with Crippen molar-refractivity contribution in [2.45, 2.75) is 63.5 Å². The quantitative estimate of drug-likeness (QED) is 0.772. The monoisotopic (exact) mass is 211 g/mol. The molecule has 0 aliphatic heterocycles. The molecule has 0 aromatic carbocycles. The first-order valence-corrected chi connectivity index (χ1v) is 6.64. The molecule has 0 aromatic rings. The highest BCUT2D eigenvalue weighted by Crippen LogP contribution is 2.26. The number of hydrogen-bond donors (Lipinski definition) is 1. The Morgan fingerprint density at radius 3 is 2.27 bits per heavy atom. The minimum absolute atomic E-state index is 0.549. The van der Waals surface area contributed by atoms with Crippen LogP contribution in [-0.2, 0) is 4.74 Å². The summed E-state index contributed by atoms with van der Waals surface area (Å²) < 4.78 is 5.40. The normalized spacial score (nSPS) is 33.4. The summed E-state index contributed by atoms with van der Waals surface area (Å²) in [6, 6.07) is 0.838. The first-order chi connectivity index (χ1) is 7.38. The summed E-state index contributed by atoms with van der Waals surface area (Å²) >= 11 is 0. The standard InChI is InChI=1S/C13H25NO/c1-15-13-8-6-11(7-9-13)10-14-12-4-2-3-5-12/h11-14H,2-10H2,1H3/t11-,13-. The minimum Gasteiger partial charge on any atom is -0.381 e. The predicted molar refractivity (Wildman–Crippen MR) is 63.0 cm³/mol. The van der Waals surface area contributed by atoms with Gasteiger partial charge in [0.25, 0.3) is 0 Å². The van der Waals surface area contributed by atoms with Gasteiger partial charge in [0.2, 0.25) is 0 Å². The molecule has 0 amide bonds. The highest BCUT2D eigenvalue weighted by molar-refractivity contribution is 4.78. The van der Waals surface area contributed by atoms with Gasteiger partial charge in [0.15, 0.2) is 0 Å². The minimum atomic E-state index is 0.549. The molecular weight excluding hydrogens is 186 g/mol. The predicted octanol–water partition coefficient (Wildman–Crippen LogP) is 2.72. The molecule has 2 nitrogen and oxygen atoms in total. The van der Waals surface area contributed by atoms with Crippen LogP contribution < -0.4 is 5.32 Å². The van der Waals surface area contributed by atoms with E-state index in [0.29, 0.717) is 6.10 Å². The molecule has 0 unspecified atom stereocenters. The van der Waals surface area contributed by atoms with Crippen molar-refractivity contribution in [1.29, 1.82) is 0 Å². The van der Waals surface area contributed by atoms with Gasteiger partial charge in [-0.15, -0.1) is 0 Å². The molecule has 0 spiro atoms. The third kappa shape index (κ3) is 3.46. The summed E-state index contributed by atoms with van der Waals surface area (Å²) in [6.45, 7) is 1.25. The molecule has 1 N–H and O–H groups in total. The molecule has 0 heterocycles. The molecule has 2 aliphatic rings. The van der Waals surface area contributed by atoms with Crippen LogP contribution in [0.1, 0.15) is 51.4 Å². The Morgan fingerprint density at radius 2 is 1.67 bits per heavy atom. The second-order valence-electron chi connectivity index (χ2n) is 5.27. The largest absolute Gasteiger partial charge is 0.381 e. The lowest BCUT2D eigenvalue weighted by Gasteiger charge is -2.28. The van der Waals surface area contributed by atoms with Crippen LogP contribution in [0.4, 0.5) is 0 Å². The molecular formula is C13H25NO. The van der Waals surface area contributed by atoms with Crippen LogP contribution in [0.5, 0.6) is 0 Å². The Morgan fingerprint density at radius 1 is 1.00 bits per heavy atom. The number of hydrogen-bond acceptors (Lipinski definition) is 2. The summed E-state index contributed by atoms with van der Waals surface area (Å²) in [4.78, 5) is 0. The van der Waals surface area contributed by atoms with E-state index in [1.807, 2.05) is 7.11 Å². The molecule has 2 saturated carbocycles. The van der Waals surface area contributed by atoms with E-state index in [1.54, 1.807) is 0 Å². The fraction of sp³-hybridized carbons (Fsp3) is 1.00. The maximum atomic E-state index is 5.40. The molecule has 0 aromatic heterocycles. The summed E-state index contributed by atoms with van der Waals surface area (Å²) in [5.41, 5.74) is 0. The van der Waals surface area contributed by atoms with Crippen LogP contribution >= 0.6 is 0 Å². The van der Waals surface area contributed by atoms with Crippen LogP contribution in [0.25, 0.3) is 0 Å². The lowest BCUT2D eigenvalue weighted by molar-refractivity contribution is 0.0564. The van der Waals surface area contributed by atoms with Gasteiger partial charge < -0.3 is 10.1 Å². The van der Waals surface area contributed by atoms with Crippen molar-refractivity contribution in [3.63, 3.8) is 0 Å². The van der Waals surface area contributed by atoms with Gasteiger partial charge in [-0.1, -0.05) is 12.8 Å². The SMILES string of the molecule is CO[C@H]1CC[C@H](CNC2CCCC2)CC1. The van der Waals surface area contributed by atoms with Crippen molar-refractivity contribution < 1.29 is 4.74 Å². The van der Waals surface area contributed by atoms with Gasteiger partial charge >= 0.3 is 0 Å². The zero-order valence-electron chi connectivity index (χ0n) is 10.0. The lowest BCUT2D eigenvalue weighted by Crippen LogP contribution is -2.33. The van der Waals surface area contributed by atoms with E-state index in [2.05, 4.69) is 5.32 Å². The fourth-order valence-electron chi connectivity index (χ4n) is 3.03. The number of methoxy groups -OCH3 is 1. The lowest BCUT2D eigenvalue weighted by atomic mass is 9.87. The Balaban J connectivity index is 1.59. The molecule has 0 atom stereocenters. The van der Waals surface area contributed by atoms with Crippen molar-refractivity contribution >= 4 is 0 Å². The van der Waals surface area contributed by atoms with E-state index >= 15 is 0 Å². The first kappa shape index (κ1) is 11.4. The van der Waals surface area contributed by atoms with Gasteiger partial charge in [-0.05, 0) is 51.0 Å². The van der Waals surface area contributed by atoms with Gasteiger partial charge in [0, 0.05) is 13.2 Å². The average Bonchev–Trinajstić information content (AvgIpc) is 2.80. The highest BCUT2D eigenvalue weighted by atomic mass is 16.5. The van der Waals surface area contributed by atoms with Gasteiger partial charge in [0.05, 0.1) is 6.10 Å². The fourth-order valence-corrected chi connectivity index (χ4v) is 3.03. The van der Waals surface area contributed by atoms with E-state index in [4.69, 9.17) is 4.74 Å². The van der Waals surface area contributed by atoms with E-state index in [-0.39, 0.29) is 0 Å². The molecule has 88 valence electrons. The Labute approximate surface area is 93.8 Å². The van der Waals surface area contributed by atoms with Crippen molar-refractivity contribution in [1.82, 2.24) is 5.32 Å². The second-order valence-corrected chi connectivity index (χ2v) is 5.27. The van der Waals surface area contributed by atoms with Crippen LogP contribution in [0.15, 0.2) is 0 Å². The number of rotatable bonds is 4. The van der Waals surface area contributed by atoms with Gasteiger partial charge in [0.1, 0.15) is 0 Å². The van der Waals surface area contributed by atoms with Crippen molar-refractivity contribution in [2.24, 2.45) is 5.92 Å². The first-order valence-electron chi connectivity index (χ1n) is 6.64. The average molecular weight is 211 g/mol. The van der Waals surface area contributed by atoms with Crippen molar-refractivity contribution in [2.75, 3.05) is 13.7 Å². The van der Waals surface area contributed by atoms with Crippen LogP contribution in [0, 0.1) is 5.92 Å². The van der Waals surface area contributed by atoms with Gasteiger partial charge in [-0.3, -0.25) is 0 Å². The van der Waals surface area contributed by atoms with Gasteiger partial charge in [-0.25, -0.2) is 0 Å². The summed E-state index contributed by atoms with van der Waals surface area (Å²) in [5.74, 6) is 0.914. The number of nitrogens with one attached hydrogen (secondary N) is 1. The smallest absolute Gasteiger partial charge is 0.0571 e. The number of ether oxygens (including phenoxy) is 1. The van der Waals surface area contributed by atoms with Gasteiger partial charge in [-0.2, -0.15) is 0 Å². The van der Waals surface area contributed by atoms with Crippen LogP contribution in [-0.4, -0.2) is 25.8 Å². The summed E-state index contributed by atoms with van der Waals surface area (Å²) in [6.07, 6.45) is 11.5. The third-order valence-corrected chi connectivity index (χ3v) is 4.18. The zero-order valence-corrected chi connectivity index (χ0v) is 10.0. The Kier molecular flexibility index (Phi) is 4.45. The molecule has 0 radical (unpaired) electrons. The van der Waals surface area contributed by atoms with Crippen molar-refractivity contribution in [3.8, 4) is 0 Å². The Bertz CT molecular complexity index is 169. The Hall–Kier alpha value is -0.0800. The molecule has 2 fully saturated rings. The second kappa shape index (κ2) is 5.86. The third-order valence-electron chi connectivity index (χ3n) is 4.18. The molecule has 15 heavy (non-hydrogen) atoms. The molecule has 0 bridgehead atoms. The molecule has 2 heteroatoms. The maximum absolute atomic E-state index is 5.40. The zero-order chi connectivity index (χ0) is 10.5. The van der Waals surface area contributed by atoms with E-state index in [9.17, 15) is 0 Å². The molecule has 2 rings (SSSR count). The summed E-state index contributed by atoms with van der Waals surface area (Å²) in [5, 5.41) is 3.74. The highest BCUT2D eigenvalue weighted by Gasteiger charge is 2.22.